The Bertz CT molecular complexity index is 937. The standard InChI is InChI=1S/C22H29N3O3S/c1-18-10-11-21(19(2)17-18)29(27,28)25-15-13-24(14-16-25)22(26)23-12-6-9-20-7-4-3-5-8-20/h3-5,7-8,10-11,17H,6,9,12-16H2,1-2H3,(H,23,26). The van der Waals surface area contributed by atoms with E-state index < -0.39 is 10.0 Å². The lowest BCUT2D eigenvalue weighted by molar-refractivity contribution is 0.172. The first kappa shape index (κ1) is 21.3. The first-order chi connectivity index (χ1) is 13.9. The smallest absolute Gasteiger partial charge is 0.317 e. The average Bonchev–Trinajstić information content (AvgIpc) is 2.71. The van der Waals surface area contributed by atoms with Gasteiger partial charge in [-0.25, -0.2) is 13.2 Å². The van der Waals surface area contributed by atoms with E-state index in [0.29, 0.717) is 37.6 Å². The SMILES string of the molecule is Cc1ccc(S(=O)(=O)N2CCN(C(=O)NCCCc3ccccc3)CC2)c(C)c1. The quantitative estimate of drug-likeness (QED) is 0.738. The highest BCUT2D eigenvalue weighted by Gasteiger charge is 2.30. The highest BCUT2D eigenvalue weighted by atomic mass is 32.2. The zero-order valence-electron chi connectivity index (χ0n) is 17.1. The van der Waals surface area contributed by atoms with E-state index in [9.17, 15) is 13.2 Å². The molecular weight excluding hydrogens is 386 g/mol. The lowest BCUT2D eigenvalue weighted by Gasteiger charge is -2.34. The molecule has 2 aromatic rings. The van der Waals surface area contributed by atoms with Crippen molar-refractivity contribution in [2.75, 3.05) is 32.7 Å². The summed E-state index contributed by atoms with van der Waals surface area (Å²) in [5, 5.41) is 2.94. The number of carbonyl (C=O) groups is 1. The van der Waals surface area contributed by atoms with Gasteiger partial charge in [0.05, 0.1) is 4.90 Å². The Hall–Kier alpha value is -2.38. The van der Waals surface area contributed by atoms with Gasteiger partial charge in [-0.05, 0) is 43.9 Å². The van der Waals surface area contributed by atoms with E-state index in [2.05, 4.69) is 17.4 Å². The second-order valence-corrected chi connectivity index (χ2v) is 9.39. The predicted molar refractivity (Wildman–Crippen MR) is 114 cm³/mol. The minimum absolute atomic E-state index is 0.123. The summed E-state index contributed by atoms with van der Waals surface area (Å²) in [4.78, 5) is 14.4. The molecule has 6 nitrogen and oxygen atoms in total. The van der Waals surface area contributed by atoms with Crippen molar-refractivity contribution in [1.82, 2.24) is 14.5 Å². The van der Waals surface area contributed by atoms with Crippen LogP contribution in [0.4, 0.5) is 4.79 Å². The van der Waals surface area contributed by atoms with E-state index >= 15 is 0 Å². The highest BCUT2D eigenvalue weighted by Crippen LogP contribution is 2.22. The van der Waals surface area contributed by atoms with Crippen LogP contribution in [0, 0.1) is 13.8 Å². The van der Waals surface area contributed by atoms with Crippen molar-refractivity contribution in [3.8, 4) is 0 Å². The highest BCUT2D eigenvalue weighted by molar-refractivity contribution is 7.89. The largest absolute Gasteiger partial charge is 0.338 e. The number of urea groups is 1. The molecule has 1 heterocycles. The average molecular weight is 416 g/mol. The summed E-state index contributed by atoms with van der Waals surface area (Å²) < 4.78 is 27.4. The summed E-state index contributed by atoms with van der Waals surface area (Å²) in [7, 11) is -3.54. The molecule has 0 spiro atoms. The molecule has 0 unspecified atom stereocenters. The Kier molecular flexibility index (Phi) is 6.92. The summed E-state index contributed by atoms with van der Waals surface area (Å²) in [6, 6.07) is 15.4. The summed E-state index contributed by atoms with van der Waals surface area (Å²) in [5.41, 5.74) is 3.05. The maximum Gasteiger partial charge on any atom is 0.317 e. The van der Waals surface area contributed by atoms with Crippen molar-refractivity contribution in [2.24, 2.45) is 0 Å². The lowest BCUT2D eigenvalue weighted by atomic mass is 10.1. The zero-order valence-corrected chi connectivity index (χ0v) is 17.9. The number of nitrogens with zero attached hydrogens (tertiary/aromatic N) is 2. The van der Waals surface area contributed by atoms with Crippen LogP contribution in [0.15, 0.2) is 53.4 Å². The number of benzene rings is 2. The van der Waals surface area contributed by atoms with Crippen LogP contribution in [-0.4, -0.2) is 56.4 Å². The molecule has 2 amide bonds. The van der Waals surface area contributed by atoms with E-state index in [1.807, 2.05) is 44.2 Å². The molecule has 156 valence electrons. The molecule has 0 bridgehead atoms. The Morgan fingerprint density at radius 3 is 2.34 bits per heavy atom. The van der Waals surface area contributed by atoms with E-state index in [1.54, 1.807) is 11.0 Å². The number of rotatable bonds is 6. The predicted octanol–water partition coefficient (Wildman–Crippen LogP) is 2.95. The van der Waals surface area contributed by atoms with Gasteiger partial charge in [0.25, 0.3) is 0 Å². The first-order valence-corrected chi connectivity index (χ1v) is 11.5. The number of hydrogen-bond donors (Lipinski definition) is 1. The maximum atomic E-state index is 12.9. The van der Waals surface area contributed by atoms with E-state index in [-0.39, 0.29) is 6.03 Å². The van der Waals surface area contributed by atoms with Crippen molar-refractivity contribution in [3.63, 3.8) is 0 Å². The molecular formula is C22H29N3O3S. The summed E-state index contributed by atoms with van der Waals surface area (Å²) in [6.45, 7) is 5.79. The third kappa shape index (κ3) is 5.36. The Morgan fingerprint density at radius 2 is 1.69 bits per heavy atom. The van der Waals surface area contributed by atoms with Gasteiger partial charge in [-0.3, -0.25) is 0 Å². The van der Waals surface area contributed by atoms with Crippen molar-refractivity contribution in [3.05, 3.63) is 65.2 Å². The summed E-state index contributed by atoms with van der Waals surface area (Å²) in [5.74, 6) is 0. The van der Waals surface area contributed by atoms with Gasteiger partial charge in [0.2, 0.25) is 10.0 Å². The maximum absolute atomic E-state index is 12.9. The van der Waals surface area contributed by atoms with Crippen LogP contribution < -0.4 is 5.32 Å². The number of hydrogen-bond acceptors (Lipinski definition) is 3. The minimum atomic E-state index is -3.54. The Labute approximate surface area is 173 Å². The van der Waals surface area contributed by atoms with Crippen LogP contribution in [-0.2, 0) is 16.4 Å². The fraction of sp³-hybridized carbons (Fsp3) is 0.409. The van der Waals surface area contributed by atoms with Crippen LogP contribution >= 0.6 is 0 Å². The number of aryl methyl sites for hydroxylation is 3. The zero-order chi connectivity index (χ0) is 20.9. The van der Waals surface area contributed by atoms with Crippen LogP contribution in [0.25, 0.3) is 0 Å². The van der Waals surface area contributed by atoms with Crippen LogP contribution in [0.3, 0.4) is 0 Å². The molecule has 0 radical (unpaired) electrons. The first-order valence-electron chi connectivity index (χ1n) is 10.0. The second-order valence-electron chi connectivity index (χ2n) is 7.48. The topological polar surface area (TPSA) is 69.7 Å². The third-order valence-electron chi connectivity index (χ3n) is 5.24. The number of amides is 2. The van der Waals surface area contributed by atoms with E-state index in [4.69, 9.17) is 0 Å². The molecule has 2 aromatic carbocycles. The van der Waals surface area contributed by atoms with Crippen molar-refractivity contribution in [1.29, 1.82) is 0 Å². The molecule has 1 saturated heterocycles. The molecule has 1 aliphatic rings. The third-order valence-corrected chi connectivity index (χ3v) is 7.29. The van der Waals surface area contributed by atoms with Crippen molar-refractivity contribution >= 4 is 16.1 Å². The normalized spacial score (nSPS) is 15.3. The fourth-order valence-electron chi connectivity index (χ4n) is 3.60. The lowest BCUT2D eigenvalue weighted by Crippen LogP contribution is -2.53. The summed E-state index contributed by atoms with van der Waals surface area (Å²) >= 11 is 0. The van der Waals surface area contributed by atoms with Gasteiger partial charge in [-0.15, -0.1) is 0 Å². The van der Waals surface area contributed by atoms with E-state index in [0.717, 1.165) is 24.0 Å². The second kappa shape index (κ2) is 9.41. The molecule has 1 aliphatic heterocycles. The van der Waals surface area contributed by atoms with Gasteiger partial charge < -0.3 is 10.2 Å². The molecule has 0 aromatic heterocycles. The Morgan fingerprint density at radius 1 is 1.00 bits per heavy atom. The Balaban J connectivity index is 1.47. The minimum Gasteiger partial charge on any atom is -0.338 e. The molecule has 1 N–H and O–H groups in total. The van der Waals surface area contributed by atoms with Crippen molar-refractivity contribution < 1.29 is 13.2 Å². The van der Waals surface area contributed by atoms with Crippen molar-refractivity contribution in [2.45, 2.75) is 31.6 Å². The van der Waals surface area contributed by atoms with E-state index in [1.165, 1.54) is 9.87 Å². The summed E-state index contributed by atoms with van der Waals surface area (Å²) in [6.07, 6.45) is 1.79. The monoisotopic (exact) mass is 415 g/mol. The molecule has 29 heavy (non-hydrogen) atoms. The number of nitrogens with one attached hydrogen (secondary N) is 1. The van der Waals surface area contributed by atoms with Crippen LogP contribution in [0.1, 0.15) is 23.1 Å². The van der Waals surface area contributed by atoms with Gasteiger partial charge in [-0.2, -0.15) is 4.31 Å². The van der Waals surface area contributed by atoms with Gasteiger partial charge in [0, 0.05) is 32.7 Å². The molecule has 1 fully saturated rings. The number of carbonyl (C=O) groups excluding carboxylic acids is 1. The van der Waals surface area contributed by atoms with Gasteiger partial charge >= 0.3 is 6.03 Å². The molecule has 7 heteroatoms. The van der Waals surface area contributed by atoms with Gasteiger partial charge in [-0.1, -0.05) is 48.0 Å². The molecule has 0 saturated carbocycles. The molecule has 0 aliphatic carbocycles. The molecule has 3 rings (SSSR count). The molecule has 0 atom stereocenters. The van der Waals surface area contributed by atoms with Crippen LogP contribution in [0.2, 0.25) is 0 Å². The number of sulfonamides is 1. The van der Waals surface area contributed by atoms with Crippen LogP contribution in [0.5, 0.6) is 0 Å². The van der Waals surface area contributed by atoms with Gasteiger partial charge in [0.1, 0.15) is 0 Å². The van der Waals surface area contributed by atoms with Gasteiger partial charge in [0.15, 0.2) is 0 Å². The number of piperazine rings is 1. The fourth-order valence-corrected chi connectivity index (χ4v) is 5.23.